The molecule has 0 aromatic carbocycles. The Labute approximate surface area is 100 Å². The van der Waals surface area contributed by atoms with Gasteiger partial charge in [0, 0.05) is 6.04 Å². The molecule has 1 aliphatic rings. The van der Waals surface area contributed by atoms with E-state index in [1.54, 1.807) is 0 Å². The lowest BCUT2D eigenvalue weighted by Crippen LogP contribution is -2.42. The lowest BCUT2D eigenvalue weighted by Gasteiger charge is -2.31. The van der Waals surface area contributed by atoms with Gasteiger partial charge in [0.1, 0.15) is 0 Å². The van der Waals surface area contributed by atoms with Crippen LogP contribution in [0.1, 0.15) is 46.0 Å². The van der Waals surface area contributed by atoms with Gasteiger partial charge in [0.2, 0.25) is 0 Å². The molecule has 2 N–H and O–H groups in total. The fourth-order valence-electron chi connectivity index (χ4n) is 2.30. The van der Waals surface area contributed by atoms with Gasteiger partial charge in [0.25, 0.3) is 0 Å². The molecular formula is C13H28N2O. The van der Waals surface area contributed by atoms with Crippen molar-refractivity contribution in [2.45, 2.75) is 58.1 Å². The van der Waals surface area contributed by atoms with E-state index in [0.717, 1.165) is 25.8 Å². The maximum Gasteiger partial charge on any atom is 0.0538 e. The van der Waals surface area contributed by atoms with Gasteiger partial charge in [0.15, 0.2) is 0 Å². The molecule has 16 heavy (non-hydrogen) atoms. The number of aliphatic hydroxyl groups excluding tert-OH is 1. The van der Waals surface area contributed by atoms with Gasteiger partial charge in [0.05, 0.1) is 6.10 Å². The zero-order chi connectivity index (χ0) is 11.8. The van der Waals surface area contributed by atoms with Crippen molar-refractivity contribution in [3.63, 3.8) is 0 Å². The van der Waals surface area contributed by atoms with Crippen molar-refractivity contribution in [1.82, 2.24) is 10.2 Å². The quantitative estimate of drug-likeness (QED) is 0.650. The number of rotatable bonds is 7. The largest absolute Gasteiger partial charge is 0.393 e. The predicted molar refractivity (Wildman–Crippen MR) is 68.7 cm³/mol. The Balaban J connectivity index is 1.98. The van der Waals surface area contributed by atoms with Crippen molar-refractivity contribution < 1.29 is 5.11 Å². The normalized spacial score (nSPS) is 21.2. The summed E-state index contributed by atoms with van der Waals surface area (Å²) in [5.41, 5.74) is 0. The molecule has 0 spiro atoms. The van der Waals surface area contributed by atoms with Gasteiger partial charge in [-0.1, -0.05) is 13.8 Å². The van der Waals surface area contributed by atoms with Crippen LogP contribution in [0.5, 0.6) is 0 Å². The minimum atomic E-state index is -0.0938. The number of hydrogen-bond donors (Lipinski definition) is 2. The molecule has 3 heteroatoms. The van der Waals surface area contributed by atoms with Crippen molar-refractivity contribution in [1.29, 1.82) is 0 Å². The van der Waals surface area contributed by atoms with Crippen LogP contribution in [0.25, 0.3) is 0 Å². The summed E-state index contributed by atoms with van der Waals surface area (Å²) >= 11 is 0. The summed E-state index contributed by atoms with van der Waals surface area (Å²) in [6.07, 6.45) is 5.40. The summed E-state index contributed by atoms with van der Waals surface area (Å²) in [7, 11) is 0. The molecule has 96 valence electrons. The highest BCUT2D eigenvalue weighted by Crippen LogP contribution is 2.10. The van der Waals surface area contributed by atoms with Crippen LogP contribution in [0, 0.1) is 0 Å². The molecule has 0 radical (unpaired) electrons. The predicted octanol–water partition coefficient (Wildman–Crippen LogP) is 1.61. The average molecular weight is 228 g/mol. The van der Waals surface area contributed by atoms with Crippen LogP contribution in [-0.2, 0) is 0 Å². The second kappa shape index (κ2) is 8.04. The van der Waals surface area contributed by atoms with Gasteiger partial charge in [-0.15, -0.1) is 0 Å². The first kappa shape index (κ1) is 13.9. The second-order valence-electron chi connectivity index (χ2n) is 4.87. The summed E-state index contributed by atoms with van der Waals surface area (Å²) in [5, 5.41) is 13.0. The van der Waals surface area contributed by atoms with Crippen molar-refractivity contribution >= 4 is 0 Å². The minimum Gasteiger partial charge on any atom is -0.393 e. The Bertz CT molecular complexity index is 167. The Kier molecular flexibility index (Phi) is 7.01. The number of hydrogen-bond acceptors (Lipinski definition) is 3. The van der Waals surface area contributed by atoms with Crippen molar-refractivity contribution in [3.05, 3.63) is 0 Å². The fraction of sp³-hybridized carbons (Fsp3) is 1.00. The molecule has 0 aromatic heterocycles. The molecule has 3 nitrogen and oxygen atoms in total. The maximum atomic E-state index is 9.43. The molecule has 1 atom stereocenters. The third-order valence-electron chi connectivity index (χ3n) is 3.65. The third kappa shape index (κ3) is 5.28. The zero-order valence-electron chi connectivity index (χ0n) is 10.9. The van der Waals surface area contributed by atoms with Crippen LogP contribution < -0.4 is 5.32 Å². The van der Waals surface area contributed by atoms with Gasteiger partial charge in [-0.25, -0.2) is 0 Å². The summed E-state index contributed by atoms with van der Waals surface area (Å²) in [4.78, 5) is 2.51. The maximum absolute atomic E-state index is 9.43. The SMILES string of the molecule is CCC(O)CCCNC1CCN(CC)CC1. The van der Waals surface area contributed by atoms with E-state index < -0.39 is 0 Å². The molecule has 1 unspecified atom stereocenters. The van der Waals surface area contributed by atoms with Gasteiger partial charge in [-0.3, -0.25) is 0 Å². The van der Waals surface area contributed by atoms with Gasteiger partial charge >= 0.3 is 0 Å². The minimum absolute atomic E-state index is 0.0938. The number of aliphatic hydroxyl groups is 1. The van der Waals surface area contributed by atoms with Crippen LogP contribution in [0.4, 0.5) is 0 Å². The fourth-order valence-corrected chi connectivity index (χ4v) is 2.30. The van der Waals surface area contributed by atoms with E-state index in [9.17, 15) is 5.11 Å². The highest BCUT2D eigenvalue weighted by Gasteiger charge is 2.16. The molecule has 1 fully saturated rings. The van der Waals surface area contributed by atoms with Crippen LogP contribution in [0.3, 0.4) is 0 Å². The molecule has 0 aromatic rings. The highest BCUT2D eigenvalue weighted by molar-refractivity contribution is 4.76. The number of likely N-dealkylation sites (tertiary alicyclic amines) is 1. The van der Waals surface area contributed by atoms with Gasteiger partial charge in [-0.05, 0) is 58.3 Å². The first-order chi connectivity index (χ1) is 7.76. The van der Waals surface area contributed by atoms with Crippen LogP contribution >= 0.6 is 0 Å². The van der Waals surface area contributed by atoms with Crippen LogP contribution in [-0.4, -0.2) is 48.3 Å². The van der Waals surface area contributed by atoms with E-state index in [-0.39, 0.29) is 6.10 Å². The lowest BCUT2D eigenvalue weighted by atomic mass is 10.0. The lowest BCUT2D eigenvalue weighted by molar-refractivity contribution is 0.155. The topological polar surface area (TPSA) is 35.5 Å². The molecule has 0 saturated carbocycles. The van der Waals surface area contributed by atoms with Gasteiger partial charge in [-0.2, -0.15) is 0 Å². The van der Waals surface area contributed by atoms with E-state index in [1.807, 2.05) is 6.92 Å². The van der Waals surface area contributed by atoms with E-state index in [4.69, 9.17) is 0 Å². The standard InChI is InChI=1S/C13H28N2O/c1-3-13(16)6-5-9-14-12-7-10-15(4-2)11-8-12/h12-14,16H,3-11H2,1-2H3. The Morgan fingerprint density at radius 1 is 1.31 bits per heavy atom. The number of nitrogens with one attached hydrogen (secondary N) is 1. The van der Waals surface area contributed by atoms with Gasteiger partial charge < -0.3 is 15.3 Å². The molecule has 1 heterocycles. The summed E-state index contributed by atoms with van der Waals surface area (Å²) in [6, 6.07) is 0.710. The van der Waals surface area contributed by atoms with E-state index in [2.05, 4.69) is 17.1 Å². The Morgan fingerprint density at radius 3 is 2.56 bits per heavy atom. The van der Waals surface area contributed by atoms with Crippen LogP contribution in [0.2, 0.25) is 0 Å². The molecule has 0 amide bonds. The molecule has 1 saturated heterocycles. The third-order valence-corrected chi connectivity index (χ3v) is 3.65. The molecule has 0 bridgehead atoms. The summed E-state index contributed by atoms with van der Waals surface area (Å²) < 4.78 is 0. The van der Waals surface area contributed by atoms with Crippen molar-refractivity contribution in [3.8, 4) is 0 Å². The van der Waals surface area contributed by atoms with E-state index >= 15 is 0 Å². The Hall–Kier alpha value is -0.120. The highest BCUT2D eigenvalue weighted by atomic mass is 16.3. The summed E-state index contributed by atoms with van der Waals surface area (Å²) in [5.74, 6) is 0. The van der Waals surface area contributed by atoms with Crippen LogP contribution in [0.15, 0.2) is 0 Å². The zero-order valence-corrected chi connectivity index (χ0v) is 10.9. The average Bonchev–Trinajstić information content (AvgIpc) is 2.35. The molecule has 1 rings (SSSR count). The molecule has 0 aliphatic carbocycles. The van der Waals surface area contributed by atoms with E-state index in [1.165, 1.54) is 32.5 Å². The molecular weight excluding hydrogens is 200 g/mol. The van der Waals surface area contributed by atoms with E-state index in [0.29, 0.717) is 6.04 Å². The smallest absolute Gasteiger partial charge is 0.0538 e. The first-order valence-electron chi connectivity index (χ1n) is 6.90. The van der Waals surface area contributed by atoms with Crippen molar-refractivity contribution in [2.75, 3.05) is 26.2 Å². The first-order valence-corrected chi connectivity index (χ1v) is 6.90. The summed E-state index contributed by atoms with van der Waals surface area (Å²) in [6.45, 7) is 9.01. The number of nitrogens with zero attached hydrogens (tertiary/aromatic N) is 1. The monoisotopic (exact) mass is 228 g/mol. The Morgan fingerprint density at radius 2 is 2.00 bits per heavy atom. The number of piperidine rings is 1. The second-order valence-corrected chi connectivity index (χ2v) is 4.87. The van der Waals surface area contributed by atoms with Crippen molar-refractivity contribution in [2.24, 2.45) is 0 Å². The molecule has 1 aliphatic heterocycles.